The SMILES string of the molecule is CC(=O)N(C(=O)/C=C/c1ccccc1)c1ccc(S(N)(=O)=O)cc1. The summed E-state index contributed by atoms with van der Waals surface area (Å²) < 4.78 is 22.5. The van der Waals surface area contributed by atoms with Gasteiger partial charge < -0.3 is 0 Å². The predicted molar refractivity (Wildman–Crippen MR) is 91.5 cm³/mol. The van der Waals surface area contributed by atoms with Crippen LogP contribution in [-0.2, 0) is 19.6 Å². The molecule has 0 radical (unpaired) electrons. The molecule has 0 aliphatic heterocycles. The second-order valence-corrected chi connectivity index (χ2v) is 6.54. The predicted octanol–water partition coefficient (Wildman–Crippen LogP) is 1.93. The zero-order chi connectivity index (χ0) is 17.7. The maximum Gasteiger partial charge on any atom is 0.257 e. The third-order valence-corrected chi connectivity index (χ3v) is 4.11. The number of carbonyl (C=O) groups excluding carboxylic acids is 2. The molecule has 0 spiro atoms. The number of carbonyl (C=O) groups is 2. The molecule has 7 heteroatoms. The first-order valence-corrected chi connectivity index (χ1v) is 8.54. The first-order valence-electron chi connectivity index (χ1n) is 6.99. The molecule has 0 saturated carbocycles. The van der Waals surface area contributed by atoms with Crippen LogP contribution in [0.3, 0.4) is 0 Å². The number of imide groups is 1. The third kappa shape index (κ3) is 4.37. The number of primary sulfonamides is 1. The summed E-state index contributed by atoms with van der Waals surface area (Å²) in [5, 5.41) is 5.03. The van der Waals surface area contributed by atoms with Crippen molar-refractivity contribution in [1.29, 1.82) is 0 Å². The maximum absolute atomic E-state index is 12.3. The summed E-state index contributed by atoms with van der Waals surface area (Å²) in [7, 11) is -3.83. The highest BCUT2D eigenvalue weighted by Crippen LogP contribution is 2.18. The lowest BCUT2D eigenvalue weighted by atomic mass is 10.2. The number of anilines is 1. The number of nitrogens with zero attached hydrogens (tertiary/aromatic N) is 1. The summed E-state index contributed by atoms with van der Waals surface area (Å²) in [5.41, 5.74) is 1.08. The van der Waals surface area contributed by atoms with Crippen LogP contribution in [0.15, 0.2) is 65.6 Å². The van der Waals surface area contributed by atoms with Crippen molar-refractivity contribution >= 4 is 33.6 Å². The van der Waals surface area contributed by atoms with Gasteiger partial charge in [-0.2, -0.15) is 0 Å². The quantitative estimate of drug-likeness (QED) is 0.857. The van der Waals surface area contributed by atoms with Gasteiger partial charge in [-0.3, -0.25) is 9.59 Å². The first-order chi connectivity index (χ1) is 11.3. The Hall–Kier alpha value is -2.77. The topological polar surface area (TPSA) is 97.5 Å². The van der Waals surface area contributed by atoms with Crippen molar-refractivity contribution in [2.45, 2.75) is 11.8 Å². The van der Waals surface area contributed by atoms with E-state index in [1.165, 1.54) is 37.3 Å². The molecular formula is C17H16N2O4S. The van der Waals surface area contributed by atoms with Crippen molar-refractivity contribution in [3.8, 4) is 0 Å². The van der Waals surface area contributed by atoms with Crippen LogP contribution in [0.2, 0.25) is 0 Å². The Kier molecular flexibility index (Phi) is 5.28. The number of hydrogen-bond donors (Lipinski definition) is 1. The molecule has 0 aliphatic rings. The summed E-state index contributed by atoms with van der Waals surface area (Å²) in [5.74, 6) is -1.02. The summed E-state index contributed by atoms with van der Waals surface area (Å²) in [4.78, 5) is 25.0. The number of benzene rings is 2. The summed E-state index contributed by atoms with van der Waals surface area (Å²) in [6.45, 7) is 1.25. The number of sulfonamides is 1. The minimum Gasteiger partial charge on any atom is -0.274 e. The van der Waals surface area contributed by atoms with Gasteiger partial charge in [0.1, 0.15) is 0 Å². The average Bonchev–Trinajstić information content (AvgIpc) is 2.53. The fourth-order valence-corrected chi connectivity index (χ4v) is 2.57. The van der Waals surface area contributed by atoms with Gasteiger partial charge in [0.15, 0.2) is 0 Å². The summed E-state index contributed by atoms with van der Waals surface area (Å²) >= 11 is 0. The average molecular weight is 344 g/mol. The van der Waals surface area contributed by atoms with Gasteiger partial charge in [0.25, 0.3) is 5.91 Å². The van der Waals surface area contributed by atoms with E-state index < -0.39 is 21.8 Å². The molecule has 2 N–H and O–H groups in total. The lowest BCUT2D eigenvalue weighted by molar-refractivity contribution is -0.122. The first kappa shape index (κ1) is 17.6. The second kappa shape index (κ2) is 7.20. The van der Waals surface area contributed by atoms with E-state index in [9.17, 15) is 18.0 Å². The molecule has 0 unspecified atom stereocenters. The molecule has 2 amide bonds. The van der Waals surface area contributed by atoms with Gasteiger partial charge in [0.2, 0.25) is 15.9 Å². The van der Waals surface area contributed by atoms with Gasteiger partial charge >= 0.3 is 0 Å². The molecule has 2 aromatic carbocycles. The van der Waals surface area contributed by atoms with Crippen molar-refractivity contribution in [3.63, 3.8) is 0 Å². The van der Waals surface area contributed by atoms with E-state index in [-0.39, 0.29) is 10.6 Å². The molecule has 0 heterocycles. The van der Waals surface area contributed by atoms with Gasteiger partial charge in [-0.25, -0.2) is 18.5 Å². The molecule has 0 bridgehead atoms. The number of hydrogen-bond acceptors (Lipinski definition) is 4. The van der Waals surface area contributed by atoms with Crippen LogP contribution in [0, 0.1) is 0 Å². The van der Waals surface area contributed by atoms with Crippen molar-refractivity contribution in [2.75, 3.05) is 4.90 Å². The van der Waals surface area contributed by atoms with Gasteiger partial charge in [0.05, 0.1) is 10.6 Å². The monoisotopic (exact) mass is 344 g/mol. The lowest BCUT2D eigenvalue weighted by Crippen LogP contribution is -2.33. The van der Waals surface area contributed by atoms with E-state index in [0.29, 0.717) is 0 Å². The molecule has 0 aliphatic carbocycles. The standard InChI is InChI=1S/C17H16N2O4S/c1-13(20)19(15-8-10-16(11-9-15)24(18,22)23)17(21)12-7-14-5-3-2-4-6-14/h2-12H,1H3,(H2,18,22,23)/b12-7+. The normalized spacial score (nSPS) is 11.4. The van der Waals surface area contributed by atoms with E-state index in [1.807, 2.05) is 30.3 Å². The van der Waals surface area contributed by atoms with Crippen molar-refractivity contribution in [3.05, 3.63) is 66.2 Å². The third-order valence-electron chi connectivity index (χ3n) is 3.18. The van der Waals surface area contributed by atoms with E-state index in [4.69, 9.17) is 5.14 Å². The van der Waals surface area contributed by atoms with Crippen LogP contribution >= 0.6 is 0 Å². The van der Waals surface area contributed by atoms with Crippen molar-refractivity contribution in [2.24, 2.45) is 5.14 Å². The summed E-state index contributed by atoms with van der Waals surface area (Å²) in [6.07, 6.45) is 2.88. The Labute approximate surface area is 140 Å². The maximum atomic E-state index is 12.3. The number of amides is 2. The van der Waals surface area contributed by atoms with Crippen LogP contribution < -0.4 is 10.0 Å². The minimum absolute atomic E-state index is 0.0953. The van der Waals surface area contributed by atoms with Crippen LogP contribution in [0.25, 0.3) is 6.08 Å². The zero-order valence-electron chi connectivity index (χ0n) is 12.9. The highest BCUT2D eigenvalue weighted by molar-refractivity contribution is 7.89. The Balaban J connectivity index is 2.27. The Morgan fingerprint density at radius 3 is 2.08 bits per heavy atom. The Bertz CT molecular complexity index is 873. The van der Waals surface area contributed by atoms with Gasteiger partial charge in [0, 0.05) is 13.0 Å². The molecule has 24 heavy (non-hydrogen) atoms. The smallest absolute Gasteiger partial charge is 0.257 e. The zero-order valence-corrected chi connectivity index (χ0v) is 13.7. The van der Waals surface area contributed by atoms with Gasteiger partial charge in [-0.1, -0.05) is 30.3 Å². The Morgan fingerprint density at radius 1 is 1.00 bits per heavy atom. The van der Waals surface area contributed by atoms with Crippen LogP contribution in [0.4, 0.5) is 5.69 Å². The fraction of sp³-hybridized carbons (Fsp3) is 0.0588. The number of nitrogens with two attached hydrogens (primary N) is 1. The lowest BCUT2D eigenvalue weighted by Gasteiger charge is -2.17. The van der Waals surface area contributed by atoms with Crippen molar-refractivity contribution < 1.29 is 18.0 Å². The molecule has 2 aromatic rings. The summed E-state index contributed by atoms with van der Waals surface area (Å²) in [6, 6.07) is 14.4. The molecule has 0 aromatic heterocycles. The van der Waals surface area contributed by atoms with Gasteiger partial charge in [-0.05, 0) is 35.9 Å². The van der Waals surface area contributed by atoms with E-state index in [1.54, 1.807) is 6.08 Å². The van der Waals surface area contributed by atoms with Crippen LogP contribution in [-0.4, -0.2) is 20.2 Å². The van der Waals surface area contributed by atoms with E-state index in [2.05, 4.69) is 0 Å². The largest absolute Gasteiger partial charge is 0.274 e. The Morgan fingerprint density at radius 2 is 1.58 bits per heavy atom. The highest BCUT2D eigenvalue weighted by Gasteiger charge is 2.18. The minimum atomic E-state index is -3.83. The van der Waals surface area contributed by atoms with Crippen LogP contribution in [0.5, 0.6) is 0 Å². The second-order valence-electron chi connectivity index (χ2n) is 4.98. The van der Waals surface area contributed by atoms with Crippen molar-refractivity contribution in [1.82, 2.24) is 0 Å². The molecule has 6 nitrogen and oxygen atoms in total. The molecule has 0 fully saturated rings. The molecule has 2 rings (SSSR count). The fourth-order valence-electron chi connectivity index (χ4n) is 2.06. The number of rotatable bonds is 4. The molecule has 0 atom stereocenters. The van der Waals surface area contributed by atoms with E-state index >= 15 is 0 Å². The van der Waals surface area contributed by atoms with E-state index in [0.717, 1.165) is 10.5 Å². The molecule has 0 saturated heterocycles. The molecule has 124 valence electrons. The van der Waals surface area contributed by atoms with Crippen LogP contribution in [0.1, 0.15) is 12.5 Å². The highest BCUT2D eigenvalue weighted by atomic mass is 32.2. The molecular weight excluding hydrogens is 328 g/mol. The van der Waals surface area contributed by atoms with Gasteiger partial charge in [-0.15, -0.1) is 0 Å².